The van der Waals surface area contributed by atoms with Crippen LogP contribution < -0.4 is 0 Å². The molecule has 0 aromatic carbocycles. The second-order valence-corrected chi connectivity index (χ2v) is 9.11. The van der Waals surface area contributed by atoms with Gasteiger partial charge in [-0.05, 0) is 48.7 Å². The minimum absolute atomic E-state index is 0.0453. The number of rotatable bonds is 14. The lowest BCUT2D eigenvalue weighted by Gasteiger charge is -2.43. The van der Waals surface area contributed by atoms with Crippen LogP contribution in [0.25, 0.3) is 0 Å². The van der Waals surface area contributed by atoms with Crippen LogP contribution in [0.3, 0.4) is 0 Å². The van der Waals surface area contributed by atoms with E-state index < -0.39 is 33.3 Å². The normalized spacial score (nSPS) is 16.6. The molecule has 0 aliphatic rings. The largest absolute Gasteiger partial charge is 0.434 e. The van der Waals surface area contributed by atoms with E-state index >= 15 is 0 Å². The fraction of sp³-hybridized carbons (Fsp3) is 0.545. The number of hydrogen-bond acceptors (Lipinski definition) is 9. The summed E-state index contributed by atoms with van der Waals surface area (Å²) in [6.45, 7) is 14.7. The molecule has 13 heteroatoms. The number of hydrogen-bond donors (Lipinski definition) is 2. The van der Waals surface area contributed by atoms with E-state index in [1.807, 2.05) is 0 Å². The molecule has 0 aliphatic heterocycles. The summed E-state index contributed by atoms with van der Waals surface area (Å²) in [6.07, 6.45) is 3.38. The second-order valence-electron chi connectivity index (χ2n) is 9.11. The van der Waals surface area contributed by atoms with E-state index in [9.17, 15) is 30.4 Å². The van der Waals surface area contributed by atoms with E-state index in [0.717, 1.165) is 0 Å². The van der Waals surface area contributed by atoms with Gasteiger partial charge in [0.1, 0.15) is 24.8 Å². The van der Waals surface area contributed by atoms with Gasteiger partial charge in [-0.15, -0.1) is 0 Å². The van der Waals surface area contributed by atoms with Crippen molar-refractivity contribution in [1.82, 2.24) is 19.1 Å². The molecule has 4 atom stereocenters. The number of imidazole rings is 2. The zero-order valence-electron chi connectivity index (χ0n) is 20.3. The molecular weight excluding hydrogens is 460 g/mol. The molecule has 0 aliphatic carbocycles. The highest BCUT2D eigenvalue weighted by molar-refractivity contribution is 5.16. The van der Waals surface area contributed by atoms with Gasteiger partial charge in [0.15, 0.2) is 0 Å². The standard InChI is InChI=1S/C22H32N6O7/c1-15(2)21(5,11-17(29)13-25-9-7-23-19(25)27(31)32)35-22(6,16(3)4)12-18(30)14-26-10-8-24-20(26)28(33)34/h7-10,17-18,29-30H,1,3,11-14H2,2,4-6H3. The monoisotopic (exact) mass is 492 g/mol. The number of aliphatic hydroxyl groups is 2. The van der Waals surface area contributed by atoms with Crippen molar-refractivity contribution in [2.45, 2.75) is 77.0 Å². The lowest BCUT2D eigenvalue weighted by atomic mass is 9.86. The van der Waals surface area contributed by atoms with Crippen LogP contribution in [0.1, 0.15) is 40.5 Å². The Balaban J connectivity index is 2.19. The summed E-state index contributed by atoms with van der Waals surface area (Å²) >= 11 is 0. The van der Waals surface area contributed by atoms with Gasteiger partial charge in [0.2, 0.25) is 0 Å². The minimum atomic E-state index is -1.09. The van der Waals surface area contributed by atoms with Crippen LogP contribution in [0.2, 0.25) is 0 Å². The van der Waals surface area contributed by atoms with Crippen molar-refractivity contribution in [3.63, 3.8) is 0 Å². The molecule has 0 amide bonds. The van der Waals surface area contributed by atoms with Crippen molar-refractivity contribution in [3.8, 4) is 0 Å². The molecule has 0 saturated carbocycles. The fourth-order valence-corrected chi connectivity index (χ4v) is 3.82. The van der Waals surface area contributed by atoms with Gasteiger partial charge in [0.05, 0.1) is 36.5 Å². The van der Waals surface area contributed by atoms with Gasteiger partial charge in [-0.2, -0.15) is 0 Å². The summed E-state index contributed by atoms with van der Waals surface area (Å²) in [4.78, 5) is 28.3. The summed E-state index contributed by atoms with van der Waals surface area (Å²) in [5, 5.41) is 43.7. The molecule has 2 aromatic heterocycles. The van der Waals surface area contributed by atoms with Crippen molar-refractivity contribution >= 4 is 11.9 Å². The Bertz CT molecular complexity index is 1010. The third-order valence-electron chi connectivity index (χ3n) is 6.03. The molecule has 0 bridgehead atoms. The van der Waals surface area contributed by atoms with Gasteiger partial charge in [0.25, 0.3) is 0 Å². The maximum absolute atomic E-state index is 11.1. The highest BCUT2D eigenvalue weighted by Crippen LogP contribution is 2.37. The van der Waals surface area contributed by atoms with Crippen LogP contribution >= 0.6 is 0 Å². The summed E-state index contributed by atoms with van der Waals surface area (Å²) in [7, 11) is 0. The lowest BCUT2D eigenvalue weighted by Crippen LogP contribution is -2.46. The maximum atomic E-state index is 11.1. The zero-order valence-corrected chi connectivity index (χ0v) is 20.3. The maximum Gasteiger partial charge on any atom is 0.434 e. The Labute approximate surface area is 202 Å². The van der Waals surface area contributed by atoms with Crippen molar-refractivity contribution in [1.29, 1.82) is 0 Å². The molecular formula is C22H32N6O7. The molecule has 13 nitrogen and oxygen atoms in total. The van der Waals surface area contributed by atoms with E-state index in [2.05, 4.69) is 23.1 Å². The highest BCUT2D eigenvalue weighted by atomic mass is 16.6. The van der Waals surface area contributed by atoms with Crippen LogP contribution in [0.5, 0.6) is 0 Å². The lowest BCUT2D eigenvalue weighted by molar-refractivity contribution is -0.397. The molecule has 192 valence electrons. The molecule has 0 spiro atoms. The van der Waals surface area contributed by atoms with E-state index in [4.69, 9.17) is 4.74 Å². The molecule has 2 heterocycles. The number of nitro groups is 2. The summed E-state index contributed by atoms with van der Waals surface area (Å²) in [5.41, 5.74) is -1.01. The van der Waals surface area contributed by atoms with Gasteiger partial charge >= 0.3 is 11.9 Å². The smallest absolute Gasteiger partial charge is 0.390 e. The first-order chi connectivity index (χ1) is 16.2. The molecule has 35 heavy (non-hydrogen) atoms. The first-order valence-electron chi connectivity index (χ1n) is 10.9. The van der Waals surface area contributed by atoms with Crippen molar-refractivity contribution < 1.29 is 24.8 Å². The Kier molecular flexibility index (Phi) is 8.65. The van der Waals surface area contributed by atoms with Gasteiger partial charge in [-0.25, -0.2) is 9.13 Å². The second kappa shape index (κ2) is 10.9. The Morgan fingerprint density at radius 1 is 0.943 bits per heavy atom. The summed E-state index contributed by atoms with van der Waals surface area (Å²) in [6, 6.07) is 0. The van der Waals surface area contributed by atoms with E-state index in [0.29, 0.717) is 11.1 Å². The van der Waals surface area contributed by atoms with Gasteiger partial charge in [-0.1, -0.05) is 23.1 Å². The van der Waals surface area contributed by atoms with Crippen molar-refractivity contribution in [2.75, 3.05) is 0 Å². The Morgan fingerprint density at radius 3 is 1.57 bits per heavy atom. The Morgan fingerprint density at radius 2 is 1.29 bits per heavy atom. The van der Waals surface area contributed by atoms with Gasteiger partial charge < -0.3 is 35.2 Å². The van der Waals surface area contributed by atoms with Crippen LogP contribution in [0.4, 0.5) is 11.9 Å². The first-order valence-corrected chi connectivity index (χ1v) is 10.9. The van der Waals surface area contributed by atoms with Crippen molar-refractivity contribution in [3.05, 3.63) is 69.3 Å². The van der Waals surface area contributed by atoms with Crippen LogP contribution in [-0.2, 0) is 17.8 Å². The van der Waals surface area contributed by atoms with Gasteiger partial charge in [-0.3, -0.25) is 0 Å². The molecule has 4 unspecified atom stereocenters. The molecule has 0 fully saturated rings. The van der Waals surface area contributed by atoms with Crippen LogP contribution in [0, 0.1) is 20.2 Å². The Hall–Kier alpha value is -3.42. The fourth-order valence-electron chi connectivity index (χ4n) is 3.82. The third kappa shape index (κ3) is 6.81. The average Bonchev–Trinajstić information content (AvgIpc) is 3.36. The predicted octanol–water partition coefficient (Wildman–Crippen LogP) is 2.78. The van der Waals surface area contributed by atoms with E-state index in [1.165, 1.54) is 33.9 Å². The SMILES string of the molecule is C=C(C)C(C)(CC(O)Cn1ccnc1[N+](=O)[O-])OC(C)(CC(O)Cn1ccnc1[N+](=O)[O-])C(=C)C. The molecule has 2 N–H and O–H groups in total. The number of aromatic nitrogens is 4. The zero-order chi connectivity index (χ0) is 26.6. The molecule has 2 aromatic rings. The number of ether oxygens (including phenoxy) is 1. The quantitative estimate of drug-likeness (QED) is 0.228. The summed E-state index contributed by atoms with van der Waals surface area (Å²) in [5.74, 6) is -0.768. The molecule has 2 rings (SSSR count). The number of aliphatic hydroxyl groups excluding tert-OH is 2. The van der Waals surface area contributed by atoms with E-state index in [-0.39, 0.29) is 37.8 Å². The summed E-state index contributed by atoms with van der Waals surface area (Å²) < 4.78 is 8.93. The van der Waals surface area contributed by atoms with Crippen LogP contribution in [-0.4, -0.2) is 62.6 Å². The highest BCUT2D eigenvalue weighted by Gasteiger charge is 2.40. The van der Waals surface area contributed by atoms with E-state index in [1.54, 1.807) is 27.7 Å². The average molecular weight is 493 g/mol. The minimum Gasteiger partial charge on any atom is -0.390 e. The molecule has 0 saturated heterocycles. The number of nitrogens with zero attached hydrogens (tertiary/aromatic N) is 6. The van der Waals surface area contributed by atoms with Crippen molar-refractivity contribution in [2.24, 2.45) is 0 Å². The predicted molar refractivity (Wildman–Crippen MR) is 127 cm³/mol. The van der Waals surface area contributed by atoms with Crippen LogP contribution in [0.15, 0.2) is 49.1 Å². The molecule has 0 radical (unpaired) electrons. The van der Waals surface area contributed by atoms with Gasteiger partial charge in [0, 0.05) is 12.8 Å². The third-order valence-corrected chi connectivity index (χ3v) is 6.03. The first kappa shape index (κ1) is 27.8. The topological polar surface area (TPSA) is 172 Å².